The van der Waals surface area contributed by atoms with Gasteiger partial charge in [0, 0.05) is 0 Å². The Morgan fingerprint density at radius 1 is 1.58 bits per heavy atom. The van der Waals surface area contributed by atoms with E-state index in [0.717, 1.165) is 11.1 Å². The van der Waals surface area contributed by atoms with Gasteiger partial charge in [-0.2, -0.15) is 0 Å². The number of aliphatic hydroxyl groups excluding tert-OH is 1. The van der Waals surface area contributed by atoms with E-state index in [1.165, 1.54) is 7.05 Å². The Morgan fingerprint density at radius 3 is 2.79 bits per heavy atom. The molecule has 2 atom stereocenters. The molecule has 2 N–H and O–H groups in total. The van der Waals surface area contributed by atoms with Crippen LogP contribution in [0.15, 0.2) is 4.79 Å². The molecule has 0 radical (unpaired) electrons. The Morgan fingerprint density at radius 2 is 2.26 bits per heavy atom. The first-order valence-corrected chi connectivity index (χ1v) is 6.15. The van der Waals surface area contributed by atoms with E-state index in [9.17, 15) is 20.0 Å². The lowest BCUT2D eigenvalue weighted by Crippen LogP contribution is -2.31. The first-order valence-electron chi connectivity index (χ1n) is 5.77. The van der Waals surface area contributed by atoms with Crippen LogP contribution in [0.5, 0.6) is 0 Å². The van der Waals surface area contributed by atoms with Gasteiger partial charge in [0.15, 0.2) is 5.69 Å². The molecule has 9 heteroatoms. The highest BCUT2D eigenvalue weighted by Gasteiger charge is 2.31. The maximum Gasteiger partial charge on any atom is 0.413 e. The number of halogens is 1. The molecular weight excluding hydrogens is 276 g/mol. The number of aryl methyl sites for hydroxylation is 1. The van der Waals surface area contributed by atoms with E-state index in [1.807, 2.05) is 0 Å². The summed E-state index contributed by atoms with van der Waals surface area (Å²) in [5.74, 6) is -0.522. The molecule has 0 aromatic carbocycles. The number of nitro groups is 1. The van der Waals surface area contributed by atoms with E-state index >= 15 is 0 Å². The maximum atomic E-state index is 11.7. The molecule has 0 saturated heterocycles. The first-order chi connectivity index (χ1) is 8.91. The summed E-state index contributed by atoms with van der Waals surface area (Å²) >= 11 is 5.85. The van der Waals surface area contributed by atoms with Crippen LogP contribution in [0.3, 0.4) is 0 Å². The van der Waals surface area contributed by atoms with Crippen molar-refractivity contribution < 1.29 is 10.0 Å². The van der Waals surface area contributed by atoms with Crippen molar-refractivity contribution in [3.05, 3.63) is 25.5 Å². The lowest BCUT2D eigenvalue weighted by atomic mass is 10.2. The molecule has 0 unspecified atom stereocenters. The van der Waals surface area contributed by atoms with Gasteiger partial charge in [0.25, 0.3) is 0 Å². The molecule has 0 spiro atoms. The second-order valence-corrected chi connectivity index (χ2v) is 4.83. The Labute approximate surface area is 113 Å². The summed E-state index contributed by atoms with van der Waals surface area (Å²) in [5, 5.41) is 26.7. The van der Waals surface area contributed by atoms with Crippen LogP contribution >= 0.6 is 11.6 Å². The van der Waals surface area contributed by atoms with Crippen LogP contribution in [0.4, 0.5) is 11.5 Å². The second-order valence-electron chi connectivity index (χ2n) is 4.45. The number of nitrogens with zero attached hydrogens (tertiary/aromatic N) is 3. The van der Waals surface area contributed by atoms with Gasteiger partial charge in [-0.15, -0.1) is 4.68 Å². The van der Waals surface area contributed by atoms with Gasteiger partial charge in [0.1, 0.15) is 5.02 Å². The fourth-order valence-electron chi connectivity index (χ4n) is 2.13. The van der Waals surface area contributed by atoms with E-state index in [0.29, 0.717) is 12.8 Å². The average Bonchev–Trinajstić information content (AvgIpc) is 2.75. The third-order valence-electron chi connectivity index (χ3n) is 3.15. The van der Waals surface area contributed by atoms with Crippen molar-refractivity contribution in [1.29, 1.82) is 0 Å². The number of hydrogen-bond acceptors (Lipinski definition) is 6. The van der Waals surface area contributed by atoms with Gasteiger partial charge in [-0.3, -0.25) is 4.79 Å². The SMILES string of the molecule is Cn1nc([N+](=O)[O-])c(N[C@@H]2CCC[C@H]2O)c(Cl)c1=O. The van der Waals surface area contributed by atoms with Crippen molar-refractivity contribution in [2.45, 2.75) is 31.4 Å². The largest absolute Gasteiger partial charge is 0.413 e. The standard InChI is InChI=1S/C10H13ClN4O4/c1-14-10(17)7(11)8(9(13-14)15(18)19)12-5-3-2-4-6(5)16/h5-6,12,16H,2-4H2,1H3/t5-,6-/m1/s1. The third-order valence-corrected chi connectivity index (χ3v) is 3.50. The van der Waals surface area contributed by atoms with E-state index in [4.69, 9.17) is 11.6 Å². The summed E-state index contributed by atoms with van der Waals surface area (Å²) in [6.07, 6.45) is 1.47. The highest BCUT2D eigenvalue weighted by atomic mass is 35.5. The fraction of sp³-hybridized carbons (Fsp3) is 0.600. The van der Waals surface area contributed by atoms with Crippen LogP contribution in [0.25, 0.3) is 0 Å². The summed E-state index contributed by atoms with van der Waals surface area (Å²) in [5.41, 5.74) is -0.747. The molecule has 8 nitrogen and oxygen atoms in total. The Balaban J connectivity index is 2.45. The topological polar surface area (TPSA) is 110 Å². The number of nitrogens with one attached hydrogen (secondary N) is 1. The van der Waals surface area contributed by atoms with Gasteiger partial charge in [0.05, 0.1) is 24.3 Å². The Bertz CT molecular complexity index is 573. The summed E-state index contributed by atoms with van der Waals surface area (Å²) in [6, 6.07) is -0.356. The molecular formula is C10H13ClN4O4. The van der Waals surface area contributed by atoms with Crippen molar-refractivity contribution in [3.8, 4) is 0 Å². The number of hydrogen-bond donors (Lipinski definition) is 2. The van der Waals surface area contributed by atoms with Gasteiger partial charge < -0.3 is 20.5 Å². The minimum atomic E-state index is -0.713. The predicted octanol–water partition coefficient (Wildman–Crippen LogP) is 0.667. The molecule has 1 aliphatic rings. The lowest BCUT2D eigenvalue weighted by molar-refractivity contribution is -0.389. The summed E-state index contributed by atoms with van der Waals surface area (Å²) in [4.78, 5) is 21.9. The fourth-order valence-corrected chi connectivity index (χ4v) is 2.40. The van der Waals surface area contributed by atoms with Crippen molar-refractivity contribution in [1.82, 2.24) is 9.78 Å². The van der Waals surface area contributed by atoms with Gasteiger partial charge in [-0.1, -0.05) is 11.6 Å². The van der Waals surface area contributed by atoms with E-state index < -0.39 is 22.4 Å². The van der Waals surface area contributed by atoms with Crippen molar-refractivity contribution in [3.63, 3.8) is 0 Å². The number of anilines is 1. The Kier molecular flexibility index (Phi) is 3.72. The highest BCUT2D eigenvalue weighted by molar-refractivity contribution is 6.33. The summed E-state index contributed by atoms with van der Waals surface area (Å²) in [6.45, 7) is 0. The molecule has 0 bridgehead atoms. The Hall–Kier alpha value is -1.67. The van der Waals surface area contributed by atoms with Crippen molar-refractivity contribution in [2.24, 2.45) is 7.05 Å². The van der Waals surface area contributed by atoms with Crippen LogP contribution in [0.1, 0.15) is 19.3 Å². The summed E-state index contributed by atoms with van der Waals surface area (Å²) in [7, 11) is 1.29. The van der Waals surface area contributed by atoms with Gasteiger partial charge in [0.2, 0.25) is 0 Å². The molecule has 1 aromatic rings. The van der Waals surface area contributed by atoms with Crippen LogP contribution in [0.2, 0.25) is 5.02 Å². The minimum Gasteiger partial charge on any atom is -0.391 e. The van der Waals surface area contributed by atoms with Crippen LogP contribution in [0, 0.1) is 10.1 Å². The van der Waals surface area contributed by atoms with Crippen molar-refractivity contribution >= 4 is 23.1 Å². The van der Waals surface area contributed by atoms with E-state index in [2.05, 4.69) is 10.4 Å². The van der Waals surface area contributed by atoms with E-state index in [1.54, 1.807) is 0 Å². The molecule has 1 saturated carbocycles. The zero-order valence-electron chi connectivity index (χ0n) is 10.2. The van der Waals surface area contributed by atoms with E-state index in [-0.39, 0.29) is 16.8 Å². The second kappa shape index (κ2) is 5.14. The van der Waals surface area contributed by atoms with Gasteiger partial charge in [-0.05, 0) is 24.2 Å². The lowest BCUT2D eigenvalue weighted by Gasteiger charge is -2.17. The third kappa shape index (κ3) is 2.54. The monoisotopic (exact) mass is 288 g/mol. The predicted molar refractivity (Wildman–Crippen MR) is 68.4 cm³/mol. The minimum absolute atomic E-state index is 0.124. The molecule has 1 aliphatic carbocycles. The molecule has 2 rings (SSSR count). The maximum absolute atomic E-state index is 11.7. The van der Waals surface area contributed by atoms with Crippen LogP contribution in [-0.2, 0) is 7.05 Å². The smallest absolute Gasteiger partial charge is 0.391 e. The molecule has 1 fully saturated rings. The average molecular weight is 289 g/mol. The quantitative estimate of drug-likeness (QED) is 0.625. The zero-order chi connectivity index (χ0) is 14.2. The molecule has 0 amide bonds. The molecule has 19 heavy (non-hydrogen) atoms. The normalized spacial score (nSPS) is 22.5. The molecule has 1 aromatic heterocycles. The highest BCUT2D eigenvalue weighted by Crippen LogP contribution is 2.31. The molecule has 0 aliphatic heterocycles. The van der Waals surface area contributed by atoms with Crippen molar-refractivity contribution in [2.75, 3.05) is 5.32 Å². The molecule has 104 valence electrons. The van der Waals surface area contributed by atoms with Crippen LogP contribution in [-0.4, -0.2) is 32.0 Å². The van der Waals surface area contributed by atoms with Gasteiger partial charge >= 0.3 is 11.4 Å². The zero-order valence-corrected chi connectivity index (χ0v) is 10.9. The molecule has 1 heterocycles. The number of aromatic nitrogens is 2. The number of aliphatic hydroxyl groups is 1. The number of rotatable bonds is 3. The first kappa shape index (κ1) is 13.8. The van der Waals surface area contributed by atoms with Gasteiger partial charge in [-0.25, -0.2) is 0 Å². The van der Waals surface area contributed by atoms with Crippen LogP contribution < -0.4 is 10.9 Å². The summed E-state index contributed by atoms with van der Waals surface area (Å²) < 4.78 is 0.816.